The van der Waals surface area contributed by atoms with Gasteiger partial charge in [-0.15, -0.1) is 0 Å². The van der Waals surface area contributed by atoms with E-state index in [1.54, 1.807) is 24.3 Å². The van der Waals surface area contributed by atoms with Gasteiger partial charge >= 0.3 is 23.9 Å². The number of aliphatic hydroxyl groups is 1. The Hall–Kier alpha value is -3.72. The van der Waals surface area contributed by atoms with Crippen LogP contribution in [0.4, 0.5) is 0 Å². The molecule has 0 spiro atoms. The fraction of sp³-hybridized carbons (Fsp3) is 0.304. The van der Waals surface area contributed by atoms with Crippen LogP contribution in [0, 0.1) is 0 Å². The molecule has 1 atom stereocenters. The summed E-state index contributed by atoms with van der Waals surface area (Å²) < 4.78 is 19.7. The van der Waals surface area contributed by atoms with Crippen LogP contribution in [0.1, 0.15) is 17.5 Å². The van der Waals surface area contributed by atoms with Gasteiger partial charge in [-0.25, -0.2) is 19.2 Å². The lowest BCUT2D eigenvalue weighted by molar-refractivity contribution is -0.167. The average molecular weight is 444 g/mol. The second-order valence-electron chi connectivity index (χ2n) is 6.66. The molecule has 0 heterocycles. The molecule has 1 aromatic rings. The van der Waals surface area contributed by atoms with Crippen LogP contribution in [0.15, 0.2) is 55.1 Å². The molecule has 9 heteroatoms. The fourth-order valence-electron chi connectivity index (χ4n) is 2.88. The molecule has 1 aromatic carbocycles. The number of ether oxygens (including phenoxy) is 4. The van der Waals surface area contributed by atoms with E-state index in [-0.39, 0.29) is 44.8 Å². The van der Waals surface area contributed by atoms with Gasteiger partial charge in [0.15, 0.2) is 5.60 Å². The van der Waals surface area contributed by atoms with Gasteiger partial charge in [-0.1, -0.05) is 37.4 Å². The molecular formula is C23H24O9. The summed E-state index contributed by atoms with van der Waals surface area (Å²) in [6, 6.07) is 6.94. The lowest BCUT2D eigenvalue weighted by Gasteiger charge is -2.31. The monoisotopic (exact) mass is 444 g/mol. The largest absolute Gasteiger partial charge is 0.462 e. The zero-order valence-corrected chi connectivity index (χ0v) is 17.4. The van der Waals surface area contributed by atoms with Crippen LogP contribution in [0.5, 0.6) is 0 Å². The normalized spacial score (nSPS) is 16.6. The van der Waals surface area contributed by atoms with Gasteiger partial charge in [0.1, 0.15) is 13.2 Å². The van der Waals surface area contributed by atoms with Crippen molar-refractivity contribution in [3.63, 3.8) is 0 Å². The number of carbonyl (C=O) groups is 4. The van der Waals surface area contributed by atoms with E-state index in [9.17, 15) is 24.3 Å². The third-order valence-electron chi connectivity index (χ3n) is 4.46. The van der Waals surface area contributed by atoms with Crippen molar-refractivity contribution in [1.29, 1.82) is 0 Å². The summed E-state index contributed by atoms with van der Waals surface area (Å²) in [5.41, 5.74) is -1.29. The Kier molecular flexibility index (Phi) is 8.91. The molecule has 0 bridgehead atoms. The minimum atomic E-state index is -2.29. The van der Waals surface area contributed by atoms with Gasteiger partial charge in [0.25, 0.3) is 0 Å². The summed E-state index contributed by atoms with van der Waals surface area (Å²) in [4.78, 5) is 47.5. The molecule has 2 rings (SSSR count). The summed E-state index contributed by atoms with van der Waals surface area (Å²) in [5.74, 6) is -3.27. The van der Waals surface area contributed by atoms with Crippen molar-refractivity contribution in [2.75, 3.05) is 26.4 Å². The van der Waals surface area contributed by atoms with Crippen LogP contribution in [0.2, 0.25) is 0 Å². The Morgan fingerprint density at radius 2 is 1.50 bits per heavy atom. The predicted molar refractivity (Wildman–Crippen MR) is 112 cm³/mol. The molecule has 0 saturated heterocycles. The lowest BCUT2D eigenvalue weighted by Crippen LogP contribution is -2.48. The maximum atomic E-state index is 12.7. The van der Waals surface area contributed by atoms with Crippen LogP contribution >= 0.6 is 0 Å². The van der Waals surface area contributed by atoms with E-state index in [4.69, 9.17) is 18.9 Å². The van der Waals surface area contributed by atoms with Crippen LogP contribution in [-0.4, -0.2) is 61.0 Å². The highest BCUT2D eigenvalue weighted by atomic mass is 16.6. The van der Waals surface area contributed by atoms with Crippen molar-refractivity contribution in [2.24, 2.45) is 0 Å². The average Bonchev–Trinajstić information content (AvgIpc) is 2.80. The maximum absolute atomic E-state index is 12.7. The molecule has 1 aliphatic rings. The Bertz CT molecular complexity index is 931. The van der Waals surface area contributed by atoms with Crippen LogP contribution in [0.3, 0.4) is 0 Å². The van der Waals surface area contributed by atoms with Gasteiger partial charge in [0.2, 0.25) is 0 Å². The molecule has 1 unspecified atom stereocenters. The molecule has 0 fully saturated rings. The van der Waals surface area contributed by atoms with E-state index in [0.717, 1.165) is 12.2 Å². The maximum Gasteiger partial charge on any atom is 0.343 e. The Morgan fingerprint density at radius 1 is 0.906 bits per heavy atom. The van der Waals surface area contributed by atoms with Gasteiger partial charge in [-0.3, -0.25) is 0 Å². The van der Waals surface area contributed by atoms with Gasteiger partial charge in [-0.05, 0) is 17.2 Å². The van der Waals surface area contributed by atoms with Crippen LogP contribution in [-0.2, 0) is 44.5 Å². The van der Waals surface area contributed by atoms with Crippen molar-refractivity contribution in [3.05, 3.63) is 66.3 Å². The molecule has 0 aromatic heterocycles. The summed E-state index contributed by atoms with van der Waals surface area (Å²) in [6.07, 6.45) is 3.36. The van der Waals surface area contributed by atoms with E-state index < -0.39 is 29.5 Å². The third-order valence-corrected chi connectivity index (χ3v) is 4.46. The quantitative estimate of drug-likeness (QED) is 0.233. The van der Waals surface area contributed by atoms with Crippen molar-refractivity contribution in [1.82, 2.24) is 0 Å². The van der Waals surface area contributed by atoms with E-state index in [0.29, 0.717) is 11.1 Å². The van der Waals surface area contributed by atoms with Crippen LogP contribution < -0.4 is 0 Å². The smallest absolute Gasteiger partial charge is 0.343 e. The minimum Gasteiger partial charge on any atom is -0.462 e. The molecule has 0 radical (unpaired) electrons. The van der Waals surface area contributed by atoms with Crippen LogP contribution in [0.25, 0.3) is 6.08 Å². The van der Waals surface area contributed by atoms with Gasteiger partial charge < -0.3 is 24.1 Å². The van der Waals surface area contributed by atoms with Gasteiger partial charge in [-0.2, -0.15) is 0 Å². The standard InChI is InChI=1S/C23H24O9/c1-3-19(24)29-10-7-11-31-21(26)18-14-16-8-5-6-9-17(16)15-23(18,28)22(27)32-13-12-30-20(25)4-2/h3-6,8-9,14,28H,1-2,7,10-13,15H2. The minimum absolute atomic E-state index is 0.00968. The number of esters is 4. The predicted octanol–water partition coefficient (Wildman–Crippen LogP) is 1.29. The highest BCUT2D eigenvalue weighted by Gasteiger charge is 2.48. The highest BCUT2D eigenvalue weighted by Crippen LogP contribution is 2.33. The van der Waals surface area contributed by atoms with E-state index in [1.807, 2.05) is 0 Å². The highest BCUT2D eigenvalue weighted by molar-refractivity contribution is 6.05. The zero-order valence-electron chi connectivity index (χ0n) is 17.4. The molecular weight excluding hydrogens is 420 g/mol. The number of carbonyl (C=O) groups excluding carboxylic acids is 4. The van der Waals surface area contributed by atoms with E-state index in [2.05, 4.69) is 13.2 Å². The lowest BCUT2D eigenvalue weighted by atomic mass is 9.79. The first-order chi connectivity index (χ1) is 15.3. The Balaban J connectivity index is 2.08. The Morgan fingerprint density at radius 3 is 2.19 bits per heavy atom. The molecule has 1 N–H and O–H groups in total. The number of hydrogen-bond acceptors (Lipinski definition) is 9. The van der Waals surface area contributed by atoms with Crippen molar-refractivity contribution in [2.45, 2.75) is 18.4 Å². The second-order valence-corrected chi connectivity index (χ2v) is 6.66. The molecule has 1 aliphatic carbocycles. The summed E-state index contributed by atoms with van der Waals surface area (Å²) in [7, 11) is 0. The molecule has 0 aliphatic heterocycles. The van der Waals surface area contributed by atoms with Crippen molar-refractivity contribution < 1.29 is 43.2 Å². The summed E-state index contributed by atoms with van der Waals surface area (Å²) in [6.45, 7) is 5.86. The SMILES string of the molecule is C=CC(=O)OCCCOC(=O)C1=Cc2ccccc2CC1(O)C(=O)OCCOC(=O)C=C. The summed E-state index contributed by atoms with van der Waals surface area (Å²) >= 11 is 0. The first kappa shape index (κ1) is 24.5. The number of fused-ring (bicyclic) bond motifs is 1. The molecule has 9 nitrogen and oxygen atoms in total. The summed E-state index contributed by atoms with van der Waals surface area (Å²) in [5, 5.41) is 11.1. The Labute approximate surface area is 184 Å². The van der Waals surface area contributed by atoms with E-state index >= 15 is 0 Å². The number of rotatable bonds is 11. The second kappa shape index (κ2) is 11.6. The first-order valence-electron chi connectivity index (χ1n) is 9.77. The van der Waals surface area contributed by atoms with Crippen molar-refractivity contribution in [3.8, 4) is 0 Å². The van der Waals surface area contributed by atoms with Gasteiger partial charge in [0, 0.05) is 25.0 Å². The van der Waals surface area contributed by atoms with Gasteiger partial charge in [0.05, 0.1) is 18.8 Å². The molecule has 0 saturated carbocycles. The number of hydrogen-bond donors (Lipinski definition) is 1. The number of benzene rings is 1. The first-order valence-corrected chi connectivity index (χ1v) is 9.77. The topological polar surface area (TPSA) is 125 Å². The molecule has 0 amide bonds. The molecule has 170 valence electrons. The third kappa shape index (κ3) is 6.39. The van der Waals surface area contributed by atoms with E-state index in [1.165, 1.54) is 6.08 Å². The zero-order chi connectivity index (χ0) is 23.6. The molecule has 32 heavy (non-hydrogen) atoms. The fourth-order valence-corrected chi connectivity index (χ4v) is 2.88. The van der Waals surface area contributed by atoms with Crippen molar-refractivity contribution >= 4 is 30.0 Å².